The van der Waals surface area contributed by atoms with Crippen molar-refractivity contribution in [3.63, 3.8) is 0 Å². The number of benzene rings is 3. The largest absolute Gasteiger partial charge is 0.490 e. The van der Waals surface area contributed by atoms with Crippen molar-refractivity contribution in [3.05, 3.63) is 83.3 Å². The Morgan fingerprint density at radius 3 is 2.21 bits per heavy atom. The molecular weight excluding hydrogens is 504 g/mol. The Labute approximate surface area is 202 Å². The Morgan fingerprint density at radius 2 is 1.58 bits per heavy atom. The highest BCUT2D eigenvalue weighted by Crippen LogP contribution is 2.27. The molecule has 0 bridgehead atoms. The molecule has 0 spiro atoms. The first-order chi connectivity index (χ1) is 15.9. The second kappa shape index (κ2) is 10.4. The summed E-state index contributed by atoms with van der Waals surface area (Å²) in [6, 6.07) is 22.1. The van der Waals surface area contributed by atoms with E-state index < -0.39 is 15.9 Å². The lowest BCUT2D eigenvalue weighted by molar-refractivity contribution is -0.114. The Hall–Kier alpha value is -2.84. The van der Waals surface area contributed by atoms with Gasteiger partial charge in [0.15, 0.2) is 0 Å². The maximum atomic E-state index is 13.3. The number of amides is 1. The van der Waals surface area contributed by atoms with Gasteiger partial charge in [-0.1, -0.05) is 34.1 Å². The van der Waals surface area contributed by atoms with E-state index in [-0.39, 0.29) is 17.5 Å². The van der Waals surface area contributed by atoms with Crippen molar-refractivity contribution < 1.29 is 17.9 Å². The van der Waals surface area contributed by atoms with Gasteiger partial charge in [-0.15, -0.1) is 0 Å². The molecule has 0 aliphatic heterocycles. The standard InChI is InChI=1S/C25H25BrN2O4S/c26-19-10-14-21(15-11-19)28(33(30,31)24-8-2-1-3-9-24)18-25(29)27-20-12-16-23(17-13-20)32-22-6-4-5-7-22/h1-3,8-17,22H,4-7,18H2,(H,27,29). The minimum atomic E-state index is -3.94. The molecule has 8 heteroatoms. The molecule has 0 aromatic heterocycles. The van der Waals surface area contributed by atoms with Gasteiger partial charge in [-0.3, -0.25) is 9.10 Å². The van der Waals surface area contributed by atoms with Crippen LogP contribution >= 0.6 is 15.9 Å². The summed E-state index contributed by atoms with van der Waals surface area (Å²) in [7, 11) is -3.94. The van der Waals surface area contributed by atoms with Gasteiger partial charge in [-0.2, -0.15) is 0 Å². The van der Waals surface area contributed by atoms with Crippen LogP contribution in [0.3, 0.4) is 0 Å². The van der Waals surface area contributed by atoms with Crippen molar-refractivity contribution in [2.24, 2.45) is 0 Å². The van der Waals surface area contributed by atoms with Crippen molar-refractivity contribution in [1.29, 1.82) is 0 Å². The van der Waals surface area contributed by atoms with E-state index in [1.807, 2.05) is 12.1 Å². The molecular formula is C25H25BrN2O4S. The maximum Gasteiger partial charge on any atom is 0.264 e. The minimum absolute atomic E-state index is 0.120. The van der Waals surface area contributed by atoms with Crippen molar-refractivity contribution in [3.8, 4) is 5.75 Å². The molecule has 172 valence electrons. The monoisotopic (exact) mass is 528 g/mol. The van der Waals surface area contributed by atoms with Gasteiger partial charge in [0.25, 0.3) is 10.0 Å². The fraction of sp³-hybridized carbons (Fsp3) is 0.240. The summed E-state index contributed by atoms with van der Waals surface area (Å²) in [5.74, 6) is 0.324. The molecule has 6 nitrogen and oxygen atoms in total. The van der Waals surface area contributed by atoms with E-state index in [1.54, 1.807) is 54.6 Å². The highest BCUT2D eigenvalue weighted by molar-refractivity contribution is 9.10. The first kappa shape index (κ1) is 23.3. The molecule has 3 aromatic carbocycles. The number of halogens is 1. The number of ether oxygens (including phenoxy) is 1. The molecule has 1 aliphatic rings. The number of nitrogens with zero attached hydrogens (tertiary/aromatic N) is 1. The molecule has 0 atom stereocenters. The molecule has 0 saturated heterocycles. The normalized spacial score (nSPS) is 14.1. The Kier molecular flexibility index (Phi) is 7.35. The second-order valence-corrected chi connectivity index (χ2v) is 10.7. The number of nitrogens with one attached hydrogen (secondary N) is 1. The summed E-state index contributed by atoms with van der Waals surface area (Å²) >= 11 is 3.36. The molecule has 3 aromatic rings. The average Bonchev–Trinajstić information content (AvgIpc) is 3.33. The summed E-state index contributed by atoms with van der Waals surface area (Å²) in [4.78, 5) is 13.0. The molecule has 1 saturated carbocycles. The zero-order valence-corrected chi connectivity index (χ0v) is 20.4. The van der Waals surface area contributed by atoms with E-state index in [0.29, 0.717) is 11.4 Å². The number of rotatable bonds is 8. The summed E-state index contributed by atoms with van der Waals surface area (Å²) in [6.45, 7) is -0.362. The smallest absolute Gasteiger partial charge is 0.264 e. The van der Waals surface area contributed by atoms with Crippen LogP contribution in [0.4, 0.5) is 11.4 Å². The summed E-state index contributed by atoms with van der Waals surface area (Å²) in [5, 5.41) is 2.79. The van der Waals surface area contributed by atoms with Gasteiger partial charge in [0.1, 0.15) is 12.3 Å². The first-order valence-corrected chi connectivity index (χ1v) is 13.0. The SMILES string of the molecule is O=C(CN(c1ccc(Br)cc1)S(=O)(=O)c1ccccc1)Nc1ccc(OC2CCCC2)cc1. The highest BCUT2D eigenvalue weighted by atomic mass is 79.9. The van der Waals surface area contributed by atoms with Gasteiger partial charge in [0, 0.05) is 10.2 Å². The van der Waals surface area contributed by atoms with Gasteiger partial charge >= 0.3 is 0 Å². The lowest BCUT2D eigenvalue weighted by Crippen LogP contribution is -2.38. The molecule has 1 aliphatic carbocycles. The molecule has 0 heterocycles. The van der Waals surface area contributed by atoms with E-state index in [4.69, 9.17) is 4.74 Å². The van der Waals surface area contributed by atoms with Crippen molar-refractivity contribution in [1.82, 2.24) is 0 Å². The number of hydrogen-bond acceptors (Lipinski definition) is 4. The molecule has 4 rings (SSSR count). The Bertz CT molecular complexity index is 1180. The fourth-order valence-corrected chi connectivity index (χ4v) is 5.49. The van der Waals surface area contributed by atoms with Gasteiger partial charge in [0.2, 0.25) is 5.91 Å². The van der Waals surface area contributed by atoms with E-state index >= 15 is 0 Å². The summed E-state index contributed by atoms with van der Waals surface area (Å²) in [6.07, 6.45) is 4.78. The molecule has 0 radical (unpaired) electrons. The Morgan fingerprint density at radius 1 is 0.939 bits per heavy atom. The molecule has 0 unspecified atom stereocenters. The highest BCUT2D eigenvalue weighted by Gasteiger charge is 2.27. The predicted molar refractivity (Wildman–Crippen MR) is 133 cm³/mol. The van der Waals surface area contributed by atoms with Crippen LogP contribution in [-0.2, 0) is 14.8 Å². The van der Waals surface area contributed by atoms with Crippen LogP contribution in [0.5, 0.6) is 5.75 Å². The number of anilines is 2. The van der Waals surface area contributed by atoms with Gasteiger partial charge in [-0.05, 0) is 86.3 Å². The third kappa shape index (κ3) is 5.94. The van der Waals surface area contributed by atoms with Crippen LogP contribution in [0, 0.1) is 0 Å². The van der Waals surface area contributed by atoms with Crippen LogP contribution < -0.4 is 14.4 Å². The fourth-order valence-electron chi connectivity index (χ4n) is 3.79. The zero-order chi connectivity index (χ0) is 23.3. The summed E-state index contributed by atoms with van der Waals surface area (Å²) < 4.78 is 34.5. The number of sulfonamides is 1. The average molecular weight is 529 g/mol. The molecule has 33 heavy (non-hydrogen) atoms. The topological polar surface area (TPSA) is 75.7 Å². The lowest BCUT2D eigenvalue weighted by atomic mass is 10.2. The second-order valence-electron chi connectivity index (χ2n) is 7.90. The van der Waals surface area contributed by atoms with Crippen LogP contribution in [-0.4, -0.2) is 27.0 Å². The predicted octanol–water partition coefficient (Wildman–Crippen LogP) is 5.60. The van der Waals surface area contributed by atoms with Crippen molar-refractivity contribution >= 4 is 43.2 Å². The molecule has 1 fully saturated rings. The van der Waals surface area contributed by atoms with E-state index in [1.165, 1.54) is 25.0 Å². The van der Waals surface area contributed by atoms with Gasteiger partial charge in [-0.25, -0.2) is 8.42 Å². The van der Waals surface area contributed by atoms with Gasteiger partial charge < -0.3 is 10.1 Å². The van der Waals surface area contributed by atoms with Crippen molar-refractivity contribution in [2.75, 3.05) is 16.2 Å². The zero-order valence-electron chi connectivity index (χ0n) is 18.0. The van der Waals surface area contributed by atoms with E-state index in [2.05, 4.69) is 21.2 Å². The molecule has 1 N–H and O–H groups in total. The molecule has 1 amide bonds. The van der Waals surface area contributed by atoms with Crippen LogP contribution in [0.15, 0.2) is 88.2 Å². The van der Waals surface area contributed by atoms with E-state index in [0.717, 1.165) is 27.4 Å². The van der Waals surface area contributed by atoms with Crippen LogP contribution in [0.25, 0.3) is 0 Å². The number of carbonyl (C=O) groups excluding carboxylic acids is 1. The van der Waals surface area contributed by atoms with Crippen LogP contribution in [0.2, 0.25) is 0 Å². The van der Waals surface area contributed by atoms with Crippen LogP contribution in [0.1, 0.15) is 25.7 Å². The minimum Gasteiger partial charge on any atom is -0.490 e. The first-order valence-electron chi connectivity index (χ1n) is 10.8. The summed E-state index contributed by atoms with van der Waals surface area (Å²) in [5.41, 5.74) is 0.976. The maximum absolute atomic E-state index is 13.3. The Balaban J connectivity index is 1.50. The third-order valence-corrected chi connectivity index (χ3v) is 7.79. The van der Waals surface area contributed by atoms with E-state index in [9.17, 15) is 13.2 Å². The third-order valence-electron chi connectivity index (χ3n) is 5.48. The van der Waals surface area contributed by atoms with Gasteiger partial charge in [0.05, 0.1) is 16.7 Å². The lowest BCUT2D eigenvalue weighted by Gasteiger charge is -2.24. The quantitative estimate of drug-likeness (QED) is 0.412. The number of carbonyl (C=O) groups is 1. The number of hydrogen-bond donors (Lipinski definition) is 1. The van der Waals surface area contributed by atoms with Crippen molar-refractivity contribution in [2.45, 2.75) is 36.7 Å².